The smallest absolute Gasteiger partial charge is 0.306 e. The highest BCUT2D eigenvalue weighted by molar-refractivity contribution is 5.71. The van der Waals surface area contributed by atoms with Crippen LogP contribution in [0.5, 0.6) is 0 Å². The third-order valence-electron chi connectivity index (χ3n) is 7.21. The van der Waals surface area contributed by atoms with Crippen LogP contribution in [0.4, 0.5) is 0 Å². The molecule has 1 heterocycles. The van der Waals surface area contributed by atoms with Crippen molar-refractivity contribution in [3.63, 3.8) is 0 Å². The average Bonchev–Trinajstić information content (AvgIpc) is 3.50. The molecule has 0 bridgehead atoms. The molecule has 0 amide bonds. The van der Waals surface area contributed by atoms with Gasteiger partial charge in [-0.2, -0.15) is 0 Å². The van der Waals surface area contributed by atoms with Crippen LogP contribution in [0.25, 0.3) is 0 Å². The molecular weight excluding hydrogens is 402 g/mol. The molecule has 0 radical (unpaired) electrons. The molecule has 174 valence electrons. The Morgan fingerprint density at radius 2 is 1.88 bits per heavy atom. The summed E-state index contributed by atoms with van der Waals surface area (Å²) in [4.78, 5) is 11.9. The maximum atomic E-state index is 11.9. The third-order valence-corrected chi connectivity index (χ3v) is 7.21. The molecule has 2 fully saturated rings. The zero-order chi connectivity index (χ0) is 22.7. The number of aliphatic carboxylic acids is 1. The van der Waals surface area contributed by atoms with E-state index in [0.29, 0.717) is 31.5 Å². The molecule has 0 saturated heterocycles. The van der Waals surface area contributed by atoms with Crippen LogP contribution in [-0.4, -0.2) is 22.8 Å². The van der Waals surface area contributed by atoms with Gasteiger partial charge in [-0.25, -0.2) is 0 Å². The van der Waals surface area contributed by atoms with Crippen LogP contribution < -0.4 is 0 Å². The molecular formula is C27H37NO4. The summed E-state index contributed by atoms with van der Waals surface area (Å²) in [6.45, 7) is 7.40. The van der Waals surface area contributed by atoms with Crippen molar-refractivity contribution in [2.24, 2.45) is 17.8 Å². The van der Waals surface area contributed by atoms with Crippen molar-refractivity contribution < 1.29 is 19.2 Å². The van der Waals surface area contributed by atoms with Crippen LogP contribution >= 0.6 is 0 Å². The average molecular weight is 440 g/mol. The largest absolute Gasteiger partial charge is 0.481 e. The van der Waals surface area contributed by atoms with E-state index in [9.17, 15) is 9.90 Å². The first-order chi connectivity index (χ1) is 15.4. The Morgan fingerprint density at radius 3 is 2.50 bits per heavy atom. The fourth-order valence-corrected chi connectivity index (χ4v) is 5.25. The Labute approximate surface area is 191 Å². The zero-order valence-corrected chi connectivity index (χ0v) is 19.6. The van der Waals surface area contributed by atoms with Gasteiger partial charge >= 0.3 is 5.97 Å². The molecule has 32 heavy (non-hydrogen) atoms. The first kappa shape index (κ1) is 23.0. The van der Waals surface area contributed by atoms with E-state index in [1.807, 2.05) is 30.3 Å². The lowest BCUT2D eigenvalue weighted by Crippen LogP contribution is -2.24. The van der Waals surface area contributed by atoms with Gasteiger partial charge in [0, 0.05) is 24.0 Å². The lowest BCUT2D eigenvalue weighted by molar-refractivity contribution is -0.142. The first-order valence-corrected chi connectivity index (χ1v) is 12.3. The summed E-state index contributed by atoms with van der Waals surface area (Å²) in [6.07, 6.45) is 6.56. The summed E-state index contributed by atoms with van der Waals surface area (Å²) in [5.74, 6) is 1.99. The predicted molar refractivity (Wildman–Crippen MR) is 124 cm³/mol. The van der Waals surface area contributed by atoms with E-state index in [-0.39, 0.29) is 5.92 Å². The number of hydrogen-bond acceptors (Lipinski definition) is 4. The highest BCUT2D eigenvalue weighted by Gasteiger charge is 2.42. The molecule has 2 aliphatic rings. The van der Waals surface area contributed by atoms with Crippen LogP contribution in [0.3, 0.4) is 0 Å². The molecule has 0 spiro atoms. The Morgan fingerprint density at radius 1 is 1.16 bits per heavy atom. The maximum Gasteiger partial charge on any atom is 0.306 e. The SMILES string of the molecule is CC(C)CC1CC(c2onc(C(CCOCc3ccccc3)C(C)C(=O)O)c2C2CC2)C1. The number of carbonyl (C=O) groups is 1. The quantitative estimate of drug-likeness (QED) is 0.382. The molecule has 4 rings (SSSR count). The lowest BCUT2D eigenvalue weighted by atomic mass is 9.69. The molecule has 2 aromatic rings. The molecule has 5 heteroatoms. The molecule has 1 N–H and O–H groups in total. The van der Waals surface area contributed by atoms with E-state index in [0.717, 1.165) is 41.7 Å². The van der Waals surface area contributed by atoms with E-state index < -0.39 is 11.9 Å². The number of rotatable bonds is 12. The standard InChI is InChI=1S/C27H37NO4/c1-17(2)13-20-14-22(15-20)26-24(21-9-10-21)25(28-32-26)23(18(3)27(29)30)11-12-31-16-19-7-5-4-6-8-19/h4-8,17-18,20-23H,9-16H2,1-3H3,(H,29,30). The minimum absolute atomic E-state index is 0.192. The fraction of sp³-hybridized carbons (Fsp3) is 0.630. The van der Waals surface area contributed by atoms with Crippen molar-refractivity contribution in [3.05, 3.63) is 52.9 Å². The van der Waals surface area contributed by atoms with E-state index >= 15 is 0 Å². The topological polar surface area (TPSA) is 72.6 Å². The van der Waals surface area contributed by atoms with Crippen LogP contribution in [-0.2, 0) is 16.1 Å². The van der Waals surface area contributed by atoms with Gasteiger partial charge in [-0.3, -0.25) is 4.79 Å². The number of ether oxygens (including phenoxy) is 1. The van der Waals surface area contributed by atoms with Crippen molar-refractivity contribution in [2.45, 2.75) is 83.7 Å². The van der Waals surface area contributed by atoms with E-state index in [2.05, 4.69) is 19.0 Å². The molecule has 2 saturated carbocycles. The minimum atomic E-state index is -0.787. The van der Waals surface area contributed by atoms with Gasteiger partial charge in [0.15, 0.2) is 0 Å². The number of nitrogens with zero attached hydrogens (tertiary/aromatic N) is 1. The summed E-state index contributed by atoms with van der Waals surface area (Å²) in [5, 5.41) is 14.3. The monoisotopic (exact) mass is 439 g/mol. The van der Waals surface area contributed by atoms with Crippen molar-refractivity contribution in [3.8, 4) is 0 Å². The van der Waals surface area contributed by atoms with Gasteiger partial charge < -0.3 is 14.4 Å². The van der Waals surface area contributed by atoms with Gasteiger partial charge in [0.05, 0.1) is 18.2 Å². The lowest BCUT2D eigenvalue weighted by Gasteiger charge is -2.35. The van der Waals surface area contributed by atoms with Crippen LogP contribution in [0.15, 0.2) is 34.9 Å². The number of hydrogen-bond donors (Lipinski definition) is 1. The number of carboxylic acid groups (broad SMARTS) is 1. The normalized spacial score (nSPS) is 22.5. The molecule has 2 aliphatic carbocycles. The van der Waals surface area contributed by atoms with Gasteiger partial charge in [-0.15, -0.1) is 0 Å². The summed E-state index contributed by atoms with van der Waals surface area (Å²) < 4.78 is 11.9. The van der Waals surface area contributed by atoms with Gasteiger partial charge in [-0.05, 0) is 61.8 Å². The van der Waals surface area contributed by atoms with E-state index in [4.69, 9.17) is 9.26 Å². The Kier molecular flexibility index (Phi) is 7.34. The highest BCUT2D eigenvalue weighted by atomic mass is 16.5. The van der Waals surface area contributed by atoms with E-state index in [1.165, 1.54) is 24.8 Å². The van der Waals surface area contributed by atoms with Crippen LogP contribution in [0.2, 0.25) is 0 Å². The fourth-order valence-electron chi connectivity index (χ4n) is 5.25. The van der Waals surface area contributed by atoms with Crippen molar-refractivity contribution in [1.29, 1.82) is 0 Å². The zero-order valence-electron chi connectivity index (χ0n) is 19.6. The molecule has 2 unspecified atom stereocenters. The van der Waals surface area contributed by atoms with E-state index in [1.54, 1.807) is 6.92 Å². The second-order valence-corrected chi connectivity index (χ2v) is 10.3. The van der Waals surface area contributed by atoms with Gasteiger partial charge in [0.1, 0.15) is 5.76 Å². The third kappa shape index (κ3) is 5.43. The van der Waals surface area contributed by atoms with Gasteiger partial charge in [0.25, 0.3) is 0 Å². The molecule has 1 aromatic heterocycles. The van der Waals surface area contributed by atoms with Crippen molar-refractivity contribution in [2.75, 3.05) is 6.61 Å². The molecule has 2 atom stereocenters. The van der Waals surface area contributed by atoms with Gasteiger partial charge in [0.2, 0.25) is 0 Å². The summed E-state index contributed by atoms with van der Waals surface area (Å²) >= 11 is 0. The molecule has 1 aromatic carbocycles. The molecule has 0 aliphatic heterocycles. The first-order valence-electron chi connectivity index (χ1n) is 12.3. The van der Waals surface area contributed by atoms with Crippen molar-refractivity contribution >= 4 is 5.97 Å². The van der Waals surface area contributed by atoms with Gasteiger partial charge in [-0.1, -0.05) is 56.3 Å². The maximum absolute atomic E-state index is 11.9. The predicted octanol–water partition coefficient (Wildman–Crippen LogP) is 6.50. The Bertz CT molecular complexity index is 880. The van der Waals surface area contributed by atoms with Crippen LogP contribution in [0.1, 0.15) is 99.6 Å². The number of benzene rings is 1. The second-order valence-electron chi connectivity index (χ2n) is 10.3. The molecule has 5 nitrogen and oxygen atoms in total. The summed E-state index contributed by atoms with van der Waals surface area (Å²) in [7, 11) is 0. The Balaban J connectivity index is 1.46. The summed E-state index contributed by atoms with van der Waals surface area (Å²) in [6, 6.07) is 10.1. The summed E-state index contributed by atoms with van der Waals surface area (Å²) in [5.41, 5.74) is 3.24. The van der Waals surface area contributed by atoms with Crippen molar-refractivity contribution in [1.82, 2.24) is 5.16 Å². The number of aromatic nitrogens is 1. The Hall–Kier alpha value is -2.14. The highest BCUT2D eigenvalue weighted by Crippen LogP contribution is 2.53. The van der Waals surface area contributed by atoms with Crippen LogP contribution in [0, 0.1) is 17.8 Å². The second kappa shape index (κ2) is 10.2. The number of carboxylic acids is 1. The minimum Gasteiger partial charge on any atom is -0.481 e.